The summed E-state index contributed by atoms with van der Waals surface area (Å²) in [7, 11) is 0. The van der Waals surface area contributed by atoms with E-state index in [0.29, 0.717) is 11.6 Å². The molecule has 2 aromatic rings. The molecule has 3 rings (SSSR count). The van der Waals surface area contributed by atoms with Crippen molar-refractivity contribution in [3.63, 3.8) is 0 Å². The third-order valence-corrected chi connectivity index (χ3v) is 5.13. The Morgan fingerprint density at radius 1 is 1.04 bits per heavy atom. The molecule has 126 valence electrons. The van der Waals surface area contributed by atoms with E-state index < -0.39 is 5.97 Å². The smallest absolute Gasteiger partial charge is 0.335 e. The Hall–Kier alpha value is -2.13. The Morgan fingerprint density at radius 2 is 1.71 bits per heavy atom. The van der Waals surface area contributed by atoms with Crippen molar-refractivity contribution >= 4 is 5.97 Å². The Bertz CT molecular complexity index is 715. The number of hydrogen-bond acceptors (Lipinski definition) is 2. The summed E-state index contributed by atoms with van der Waals surface area (Å²) in [5, 5.41) is 9.20. The van der Waals surface area contributed by atoms with Gasteiger partial charge in [0.25, 0.3) is 0 Å². The molecule has 0 radical (unpaired) electrons. The van der Waals surface area contributed by atoms with E-state index >= 15 is 0 Å². The first-order chi connectivity index (χ1) is 11.6. The van der Waals surface area contributed by atoms with Crippen LogP contribution in [0.1, 0.15) is 53.7 Å². The molecule has 0 spiro atoms. The predicted molar refractivity (Wildman–Crippen MR) is 97.4 cm³/mol. The van der Waals surface area contributed by atoms with Crippen LogP contribution in [0.4, 0.5) is 0 Å². The Morgan fingerprint density at radius 3 is 2.33 bits per heavy atom. The fourth-order valence-electron chi connectivity index (χ4n) is 3.52. The highest BCUT2D eigenvalue weighted by molar-refractivity contribution is 5.90. The molecule has 0 aromatic heterocycles. The maximum Gasteiger partial charge on any atom is 0.335 e. The molecule has 1 aliphatic heterocycles. The summed E-state index contributed by atoms with van der Waals surface area (Å²) < 4.78 is 0. The van der Waals surface area contributed by atoms with E-state index in [1.54, 1.807) is 12.1 Å². The first kappa shape index (κ1) is 16.7. The van der Waals surface area contributed by atoms with E-state index in [1.807, 2.05) is 13.0 Å². The van der Waals surface area contributed by atoms with Crippen molar-refractivity contribution in [3.8, 4) is 11.1 Å². The van der Waals surface area contributed by atoms with Crippen molar-refractivity contribution in [2.24, 2.45) is 0 Å². The molecule has 1 atom stereocenters. The zero-order chi connectivity index (χ0) is 17.1. The minimum atomic E-state index is -0.883. The molecule has 3 heteroatoms. The number of piperidine rings is 1. The predicted octanol–water partition coefficient (Wildman–Crippen LogP) is 4.91. The molecule has 1 fully saturated rings. The largest absolute Gasteiger partial charge is 0.478 e. The van der Waals surface area contributed by atoms with Gasteiger partial charge in [0, 0.05) is 6.04 Å². The topological polar surface area (TPSA) is 40.5 Å². The van der Waals surface area contributed by atoms with Gasteiger partial charge in [-0.2, -0.15) is 0 Å². The van der Waals surface area contributed by atoms with E-state index in [4.69, 9.17) is 0 Å². The summed E-state index contributed by atoms with van der Waals surface area (Å²) in [6.07, 6.45) is 3.94. The van der Waals surface area contributed by atoms with Crippen molar-refractivity contribution in [2.75, 3.05) is 13.1 Å². The SMILES string of the molecule is Cc1ccc(C(=O)O)cc1-c1ccc([C@@H](C)N2CCCCC2)cc1. The zero-order valence-electron chi connectivity index (χ0n) is 14.5. The molecule has 0 unspecified atom stereocenters. The summed E-state index contributed by atoms with van der Waals surface area (Å²) in [4.78, 5) is 13.8. The van der Waals surface area contributed by atoms with Gasteiger partial charge in [0.05, 0.1) is 5.56 Å². The summed E-state index contributed by atoms with van der Waals surface area (Å²) in [5.74, 6) is -0.883. The van der Waals surface area contributed by atoms with Gasteiger partial charge in [-0.05, 0) is 74.2 Å². The van der Waals surface area contributed by atoms with Gasteiger partial charge in [0.1, 0.15) is 0 Å². The van der Waals surface area contributed by atoms with Gasteiger partial charge in [-0.3, -0.25) is 4.90 Å². The van der Waals surface area contributed by atoms with Crippen LogP contribution in [0.25, 0.3) is 11.1 Å². The van der Waals surface area contributed by atoms with Gasteiger partial charge in [0.15, 0.2) is 0 Å². The maximum atomic E-state index is 11.2. The number of benzene rings is 2. The van der Waals surface area contributed by atoms with Crippen molar-refractivity contribution in [1.82, 2.24) is 4.90 Å². The van der Waals surface area contributed by atoms with Gasteiger partial charge < -0.3 is 5.11 Å². The van der Waals surface area contributed by atoms with Crippen LogP contribution in [0.3, 0.4) is 0 Å². The van der Waals surface area contributed by atoms with E-state index in [9.17, 15) is 9.90 Å². The lowest BCUT2D eigenvalue weighted by Gasteiger charge is -2.32. The lowest BCUT2D eigenvalue weighted by atomic mass is 9.95. The number of nitrogens with zero attached hydrogens (tertiary/aromatic N) is 1. The molecule has 1 heterocycles. The summed E-state index contributed by atoms with van der Waals surface area (Å²) in [6.45, 7) is 6.66. The van der Waals surface area contributed by atoms with Crippen LogP contribution in [-0.4, -0.2) is 29.1 Å². The number of aromatic carboxylic acids is 1. The quantitative estimate of drug-likeness (QED) is 0.869. The first-order valence-corrected chi connectivity index (χ1v) is 8.74. The van der Waals surface area contributed by atoms with Gasteiger partial charge >= 0.3 is 5.97 Å². The normalized spacial score (nSPS) is 16.8. The van der Waals surface area contributed by atoms with Gasteiger partial charge in [-0.1, -0.05) is 36.8 Å². The molecule has 0 aliphatic carbocycles. The van der Waals surface area contributed by atoms with Gasteiger partial charge in [0.2, 0.25) is 0 Å². The number of aryl methyl sites for hydroxylation is 1. The van der Waals surface area contributed by atoms with E-state index in [1.165, 1.54) is 37.9 Å². The summed E-state index contributed by atoms with van der Waals surface area (Å²) in [6, 6.07) is 14.3. The van der Waals surface area contributed by atoms with Crippen molar-refractivity contribution in [1.29, 1.82) is 0 Å². The lowest BCUT2D eigenvalue weighted by molar-refractivity contribution is 0.0697. The Labute approximate surface area is 143 Å². The second-order valence-electron chi connectivity index (χ2n) is 6.73. The molecule has 1 saturated heterocycles. The molecule has 1 N–H and O–H groups in total. The second-order valence-corrected chi connectivity index (χ2v) is 6.73. The maximum absolute atomic E-state index is 11.2. The van der Waals surface area contributed by atoms with E-state index in [-0.39, 0.29) is 0 Å². The number of carboxylic acids is 1. The highest BCUT2D eigenvalue weighted by Crippen LogP contribution is 2.29. The standard InChI is InChI=1S/C21H25NO2/c1-15-6-7-19(21(23)24)14-20(15)18-10-8-17(9-11-18)16(2)22-12-4-3-5-13-22/h6-11,14,16H,3-5,12-13H2,1-2H3,(H,23,24)/t16-/m1/s1. The molecule has 0 amide bonds. The molecule has 2 aromatic carbocycles. The third-order valence-electron chi connectivity index (χ3n) is 5.13. The third kappa shape index (κ3) is 3.51. The minimum Gasteiger partial charge on any atom is -0.478 e. The van der Waals surface area contributed by atoms with Crippen LogP contribution in [-0.2, 0) is 0 Å². The van der Waals surface area contributed by atoms with Gasteiger partial charge in [-0.25, -0.2) is 4.79 Å². The Balaban J connectivity index is 1.84. The minimum absolute atomic E-state index is 0.335. The van der Waals surface area contributed by atoms with E-state index in [0.717, 1.165) is 16.7 Å². The molecular formula is C21H25NO2. The van der Waals surface area contributed by atoms with Crippen LogP contribution < -0.4 is 0 Å². The highest BCUT2D eigenvalue weighted by Gasteiger charge is 2.18. The monoisotopic (exact) mass is 323 g/mol. The van der Waals surface area contributed by atoms with Crippen LogP contribution in [0.2, 0.25) is 0 Å². The lowest BCUT2D eigenvalue weighted by Crippen LogP contribution is -2.32. The van der Waals surface area contributed by atoms with Crippen LogP contribution in [0, 0.1) is 6.92 Å². The number of likely N-dealkylation sites (tertiary alicyclic amines) is 1. The van der Waals surface area contributed by atoms with E-state index in [2.05, 4.69) is 36.1 Å². The van der Waals surface area contributed by atoms with Crippen LogP contribution in [0.5, 0.6) is 0 Å². The summed E-state index contributed by atoms with van der Waals surface area (Å²) >= 11 is 0. The second kappa shape index (κ2) is 7.18. The number of hydrogen-bond donors (Lipinski definition) is 1. The van der Waals surface area contributed by atoms with Crippen LogP contribution >= 0.6 is 0 Å². The first-order valence-electron chi connectivity index (χ1n) is 8.74. The molecular weight excluding hydrogens is 298 g/mol. The summed E-state index contributed by atoms with van der Waals surface area (Å²) in [5.41, 5.74) is 4.82. The average Bonchev–Trinajstić information content (AvgIpc) is 2.62. The molecule has 0 bridgehead atoms. The Kier molecular flexibility index (Phi) is 5.00. The molecule has 24 heavy (non-hydrogen) atoms. The average molecular weight is 323 g/mol. The highest BCUT2D eigenvalue weighted by atomic mass is 16.4. The molecule has 1 aliphatic rings. The number of carboxylic acid groups (broad SMARTS) is 1. The van der Waals surface area contributed by atoms with Gasteiger partial charge in [-0.15, -0.1) is 0 Å². The fraction of sp³-hybridized carbons (Fsp3) is 0.381. The van der Waals surface area contributed by atoms with Crippen LogP contribution in [0.15, 0.2) is 42.5 Å². The number of carbonyl (C=O) groups is 1. The van der Waals surface area contributed by atoms with Crippen molar-refractivity contribution < 1.29 is 9.90 Å². The molecule has 0 saturated carbocycles. The molecule has 3 nitrogen and oxygen atoms in total. The van der Waals surface area contributed by atoms with Crippen molar-refractivity contribution in [2.45, 2.75) is 39.2 Å². The number of rotatable bonds is 4. The zero-order valence-corrected chi connectivity index (χ0v) is 14.5. The van der Waals surface area contributed by atoms with Crippen molar-refractivity contribution in [3.05, 3.63) is 59.2 Å². The fourth-order valence-corrected chi connectivity index (χ4v) is 3.52.